The molecule has 0 radical (unpaired) electrons. The van der Waals surface area contributed by atoms with Crippen molar-refractivity contribution >= 4 is 5.91 Å². The van der Waals surface area contributed by atoms with E-state index in [9.17, 15) is 4.79 Å². The minimum atomic E-state index is -0.227. The summed E-state index contributed by atoms with van der Waals surface area (Å²) in [5, 5.41) is 6.09. The molecule has 18 heavy (non-hydrogen) atoms. The second-order valence-electron chi connectivity index (χ2n) is 4.32. The number of nitrogens with one attached hydrogen (secondary N) is 2. The van der Waals surface area contributed by atoms with Gasteiger partial charge in [-0.2, -0.15) is 0 Å². The summed E-state index contributed by atoms with van der Waals surface area (Å²) in [5.74, 6) is 0.00431. The zero-order chi connectivity index (χ0) is 13.2. The predicted molar refractivity (Wildman–Crippen MR) is 74.2 cm³/mol. The Morgan fingerprint density at radius 3 is 2.61 bits per heavy atom. The van der Waals surface area contributed by atoms with Crippen molar-refractivity contribution in [2.75, 3.05) is 19.6 Å². The van der Waals surface area contributed by atoms with Gasteiger partial charge in [0.25, 0.3) is 0 Å². The van der Waals surface area contributed by atoms with Crippen LogP contribution in [0.1, 0.15) is 31.4 Å². The molecule has 4 nitrogen and oxygen atoms in total. The molecule has 0 aliphatic rings. The fraction of sp³-hybridized carbons (Fsp3) is 0.500. The van der Waals surface area contributed by atoms with E-state index in [1.54, 1.807) is 0 Å². The molecular weight excluding hydrogens is 226 g/mol. The van der Waals surface area contributed by atoms with Crippen molar-refractivity contribution in [1.29, 1.82) is 0 Å². The molecule has 4 heteroatoms. The van der Waals surface area contributed by atoms with E-state index in [2.05, 4.69) is 17.6 Å². The SMILES string of the molecule is CCCNCCNC(=O)CC(N)c1ccccc1. The summed E-state index contributed by atoms with van der Waals surface area (Å²) in [7, 11) is 0. The first-order chi connectivity index (χ1) is 8.74. The van der Waals surface area contributed by atoms with E-state index in [0.29, 0.717) is 13.0 Å². The molecule has 0 spiro atoms. The molecule has 0 saturated heterocycles. The van der Waals surface area contributed by atoms with Crippen LogP contribution in [0.15, 0.2) is 30.3 Å². The van der Waals surface area contributed by atoms with Gasteiger partial charge in [-0.25, -0.2) is 0 Å². The summed E-state index contributed by atoms with van der Waals surface area (Å²) in [4.78, 5) is 11.6. The van der Waals surface area contributed by atoms with Crippen LogP contribution < -0.4 is 16.4 Å². The molecule has 1 aromatic carbocycles. The van der Waals surface area contributed by atoms with Gasteiger partial charge in [-0.05, 0) is 18.5 Å². The fourth-order valence-corrected chi connectivity index (χ4v) is 1.68. The molecule has 1 amide bonds. The van der Waals surface area contributed by atoms with Gasteiger partial charge < -0.3 is 16.4 Å². The zero-order valence-electron chi connectivity index (χ0n) is 11.0. The van der Waals surface area contributed by atoms with Gasteiger partial charge in [-0.1, -0.05) is 37.3 Å². The maximum absolute atomic E-state index is 11.6. The lowest BCUT2D eigenvalue weighted by Crippen LogP contribution is -2.33. The Morgan fingerprint density at radius 1 is 1.22 bits per heavy atom. The summed E-state index contributed by atoms with van der Waals surface area (Å²) in [6.45, 7) is 4.56. The Bertz CT molecular complexity index is 340. The predicted octanol–water partition coefficient (Wildman–Crippen LogP) is 1.19. The van der Waals surface area contributed by atoms with Crippen molar-refractivity contribution in [3.05, 3.63) is 35.9 Å². The molecule has 100 valence electrons. The van der Waals surface area contributed by atoms with Gasteiger partial charge in [0.15, 0.2) is 0 Å². The summed E-state index contributed by atoms with van der Waals surface area (Å²) < 4.78 is 0. The standard InChI is InChI=1S/C14H23N3O/c1-2-8-16-9-10-17-14(18)11-13(15)12-6-4-3-5-7-12/h3-7,13,16H,2,8-11,15H2,1H3,(H,17,18). The molecular formula is C14H23N3O. The van der Waals surface area contributed by atoms with Gasteiger partial charge in [0.2, 0.25) is 5.91 Å². The quantitative estimate of drug-likeness (QED) is 0.606. The molecule has 1 unspecified atom stereocenters. The number of carbonyl (C=O) groups is 1. The Balaban J connectivity index is 2.20. The van der Waals surface area contributed by atoms with E-state index in [1.165, 1.54) is 0 Å². The van der Waals surface area contributed by atoms with Gasteiger partial charge in [-0.3, -0.25) is 4.79 Å². The van der Waals surface area contributed by atoms with E-state index in [4.69, 9.17) is 5.73 Å². The van der Waals surface area contributed by atoms with Crippen LogP contribution in [-0.2, 0) is 4.79 Å². The van der Waals surface area contributed by atoms with E-state index in [-0.39, 0.29) is 11.9 Å². The maximum Gasteiger partial charge on any atom is 0.221 e. The Hall–Kier alpha value is -1.39. The van der Waals surface area contributed by atoms with Crippen LogP contribution in [0.4, 0.5) is 0 Å². The van der Waals surface area contributed by atoms with Crippen molar-refractivity contribution in [1.82, 2.24) is 10.6 Å². The average molecular weight is 249 g/mol. The molecule has 0 saturated carbocycles. The molecule has 0 bridgehead atoms. The topological polar surface area (TPSA) is 67.1 Å². The summed E-state index contributed by atoms with van der Waals surface area (Å²) >= 11 is 0. The lowest BCUT2D eigenvalue weighted by Gasteiger charge is -2.12. The van der Waals surface area contributed by atoms with E-state index >= 15 is 0 Å². The minimum absolute atomic E-state index is 0.00431. The first kappa shape index (κ1) is 14.7. The molecule has 1 rings (SSSR count). The molecule has 0 aromatic heterocycles. The molecule has 0 heterocycles. The highest BCUT2D eigenvalue weighted by Crippen LogP contribution is 2.12. The van der Waals surface area contributed by atoms with Crippen molar-refractivity contribution in [2.45, 2.75) is 25.8 Å². The third-order valence-electron chi connectivity index (χ3n) is 2.68. The van der Waals surface area contributed by atoms with Gasteiger partial charge in [0.1, 0.15) is 0 Å². The third-order valence-corrected chi connectivity index (χ3v) is 2.68. The minimum Gasteiger partial charge on any atom is -0.355 e. The fourth-order valence-electron chi connectivity index (χ4n) is 1.68. The normalized spacial score (nSPS) is 12.1. The summed E-state index contributed by atoms with van der Waals surface area (Å²) in [6, 6.07) is 9.47. The number of rotatable bonds is 8. The van der Waals surface area contributed by atoms with Crippen molar-refractivity contribution in [3.63, 3.8) is 0 Å². The van der Waals surface area contributed by atoms with Gasteiger partial charge >= 0.3 is 0 Å². The van der Waals surface area contributed by atoms with Crippen LogP contribution in [0.3, 0.4) is 0 Å². The Morgan fingerprint density at radius 2 is 1.94 bits per heavy atom. The number of hydrogen-bond donors (Lipinski definition) is 3. The second kappa shape index (κ2) is 8.66. The van der Waals surface area contributed by atoms with Crippen LogP contribution >= 0.6 is 0 Å². The van der Waals surface area contributed by atoms with Gasteiger partial charge in [-0.15, -0.1) is 0 Å². The summed E-state index contributed by atoms with van der Waals surface area (Å²) in [6.07, 6.45) is 1.44. The molecule has 1 atom stereocenters. The van der Waals surface area contributed by atoms with Crippen LogP contribution in [0, 0.1) is 0 Å². The largest absolute Gasteiger partial charge is 0.355 e. The van der Waals surface area contributed by atoms with E-state index in [0.717, 1.165) is 25.1 Å². The highest BCUT2D eigenvalue weighted by Gasteiger charge is 2.10. The van der Waals surface area contributed by atoms with E-state index < -0.39 is 0 Å². The van der Waals surface area contributed by atoms with Crippen molar-refractivity contribution < 1.29 is 4.79 Å². The average Bonchev–Trinajstić information content (AvgIpc) is 2.39. The van der Waals surface area contributed by atoms with Crippen LogP contribution in [0.25, 0.3) is 0 Å². The third kappa shape index (κ3) is 5.80. The summed E-state index contributed by atoms with van der Waals surface area (Å²) in [5.41, 5.74) is 6.97. The number of nitrogens with two attached hydrogens (primary N) is 1. The lowest BCUT2D eigenvalue weighted by molar-refractivity contribution is -0.121. The van der Waals surface area contributed by atoms with Crippen LogP contribution in [0.2, 0.25) is 0 Å². The highest BCUT2D eigenvalue weighted by atomic mass is 16.1. The maximum atomic E-state index is 11.6. The highest BCUT2D eigenvalue weighted by molar-refractivity contribution is 5.76. The molecule has 0 aliphatic carbocycles. The number of carbonyl (C=O) groups excluding carboxylic acids is 1. The van der Waals surface area contributed by atoms with Crippen molar-refractivity contribution in [2.24, 2.45) is 5.73 Å². The first-order valence-electron chi connectivity index (χ1n) is 6.52. The van der Waals surface area contributed by atoms with Crippen LogP contribution in [-0.4, -0.2) is 25.5 Å². The van der Waals surface area contributed by atoms with Gasteiger partial charge in [0.05, 0.1) is 0 Å². The van der Waals surface area contributed by atoms with Gasteiger partial charge in [0, 0.05) is 25.6 Å². The molecule has 4 N–H and O–H groups in total. The smallest absolute Gasteiger partial charge is 0.221 e. The number of hydrogen-bond acceptors (Lipinski definition) is 3. The monoisotopic (exact) mass is 249 g/mol. The van der Waals surface area contributed by atoms with E-state index in [1.807, 2.05) is 30.3 Å². The van der Waals surface area contributed by atoms with Crippen LogP contribution in [0.5, 0.6) is 0 Å². The second-order valence-corrected chi connectivity index (χ2v) is 4.32. The number of benzene rings is 1. The Kier molecular flexibility index (Phi) is 7.06. The Labute approximate surface area is 109 Å². The molecule has 0 aliphatic heterocycles. The number of amides is 1. The first-order valence-corrected chi connectivity index (χ1v) is 6.52. The molecule has 1 aromatic rings. The molecule has 0 fully saturated rings. The lowest BCUT2D eigenvalue weighted by atomic mass is 10.0. The van der Waals surface area contributed by atoms with Crippen molar-refractivity contribution in [3.8, 4) is 0 Å². The zero-order valence-corrected chi connectivity index (χ0v) is 11.0.